The maximum atomic E-state index is 12.0. The summed E-state index contributed by atoms with van der Waals surface area (Å²) in [6.07, 6.45) is 0. The van der Waals surface area contributed by atoms with Crippen LogP contribution in [0.15, 0.2) is 59.5 Å². The van der Waals surface area contributed by atoms with Crippen LogP contribution in [0.3, 0.4) is 0 Å². The Morgan fingerprint density at radius 2 is 1.85 bits per heavy atom. The van der Waals surface area contributed by atoms with Crippen molar-refractivity contribution in [2.75, 3.05) is 11.1 Å². The predicted molar refractivity (Wildman–Crippen MR) is 80.7 cm³/mol. The Labute approximate surface area is 120 Å². The van der Waals surface area contributed by atoms with Crippen LogP contribution in [0, 0.1) is 0 Å². The molecule has 0 fully saturated rings. The van der Waals surface area contributed by atoms with Gasteiger partial charge in [-0.25, -0.2) is 0 Å². The van der Waals surface area contributed by atoms with E-state index in [1.807, 2.05) is 24.3 Å². The average Bonchev–Trinajstić information content (AvgIpc) is 2.48. The van der Waals surface area contributed by atoms with Gasteiger partial charge in [-0.3, -0.25) is 9.00 Å². The number of rotatable bonds is 5. The van der Waals surface area contributed by atoms with E-state index >= 15 is 0 Å². The first-order valence-corrected chi connectivity index (χ1v) is 7.53. The van der Waals surface area contributed by atoms with Gasteiger partial charge in [0.1, 0.15) is 5.75 Å². The lowest BCUT2D eigenvalue weighted by Gasteiger charge is -2.06. The first kappa shape index (κ1) is 14.4. The summed E-state index contributed by atoms with van der Waals surface area (Å²) in [5, 5.41) is 2.73. The average molecular weight is 288 g/mol. The SMILES string of the molecule is NCc1cccc(NC(=O)CS(=O)c2ccccc2)c1. The van der Waals surface area contributed by atoms with Crippen LogP contribution in [-0.4, -0.2) is 15.9 Å². The van der Waals surface area contributed by atoms with Crippen molar-refractivity contribution in [3.05, 3.63) is 60.2 Å². The van der Waals surface area contributed by atoms with Crippen molar-refractivity contribution in [3.8, 4) is 0 Å². The summed E-state index contributed by atoms with van der Waals surface area (Å²) >= 11 is 0. The fourth-order valence-corrected chi connectivity index (χ4v) is 2.69. The van der Waals surface area contributed by atoms with Gasteiger partial charge in [0.25, 0.3) is 0 Å². The van der Waals surface area contributed by atoms with Crippen LogP contribution in [0.2, 0.25) is 0 Å². The highest BCUT2D eigenvalue weighted by Crippen LogP contribution is 2.11. The lowest BCUT2D eigenvalue weighted by Crippen LogP contribution is -2.19. The van der Waals surface area contributed by atoms with Crippen LogP contribution < -0.4 is 11.1 Å². The van der Waals surface area contributed by atoms with Crippen molar-refractivity contribution in [2.45, 2.75) is 11.4 Å². The summed E-state index contributed by atoms with van der Waals surface area (Å²) in [6.45, 7) is 0.416. The third-order valence-electron chi connectivity index (χ3n) is 2.71. The molecule has 0 saturated carbocycles. The molecule has 20 heavy (non-hydrogen) atoms. The summed E-state index contributed by atoms with van der Waals surface area (Å²) in [4.78, 5) is 12.5. The predicted octanol–water partition coefficient (Wildman–Crippen LogP) is 1.89. The molecule has 1 atom stereocenters. The maximum Gasteiger partial charge on any atom is 0.237 e. The summed E-state index contributed by atoms with van der Waals surface area (Å²) in [7, 11) is -1.33. The van der Waals surface area contributed by atoms with Crippen molar-refractivity contribution >= 4 is 22.4 Å². The molecular formula is C15H16N2O2S. The van der Waals surface area contributed by atoms with Gasteiger partial charge < -0.3 is 11.1 Å². The molecular weight excluding hydrogens is 272 g/mol. The van der Waals surface area contributed by atoms with Gasteiger partial charge in [0.2, 0.25) is 5.91 Å². The number of benzene rings is 2. The van der Waals surface area contributed by atoms with Gasteiger partial charge in [-0.2, -0.15) is 0 Å². The maximum absolute atomic E-state index is 12.0. The third-order valence-corrected chi connectivity index (χ3v) is 4.04. The normalized spacial score (nSPS) is 11.8. The van der Waals surface area contributed by atoms with Gasteiger partial charge >= 0.3 is 0 Å². The molecule has 5 heteroatoms. The molecule has 104 valence electrons. The zero-order valence-electron chi connectivity index (χ0n) is 10.9. The first-order valence-electron chi connectivity index (χ1n) is 6.21. The number of hydrogen-bond donors (Lipinski definition) is 2. The van der Waals surface area contributed by atoms with Crippen LogP contribution in [0.4, 0.5) is 5.69 Å². The fraction of sp³-hybridized carbons (Fsp3) is 0.133. The fourth-order valence-electron chi connectivity index (χ4n) is 1.75. The molecule has 0 aliphatic carbocycles. The Hall–Kier alpha value is -1.98. The van der Waals surface area contributed by atoms with Crippen molar-refractivity contribution in [1.82, 2.24) is 0 Å². The second-order valence-corrected chi connectivity index (χ2v) is 5.71. The molecule has 0 saturated heterocycles. The van der Waals surface area contributed by atoms with Crippen molar-refractivity contribution in [2.24, 2.45) is 5.73 Å². The molecule has 0 aliphatic rings. The third kappa shape index (κ3) is 4.01. The number of nitrogens with one attached hydrogen (secondary N) is 1. The minimum absolute atomic E-state index is 0.0587. The zero-order chi connectivity index (χ0) is 14.4. The standard InChI is InChI=1S/C15H16N2O2S/c16-10-12-5-4-6-13(9-12)17-15(18)11-20(19)14-7-2-1-3-8-14/h1-9H,10-11,16H2,(H,17,18). The second-order valence-electron chi connectivity index (χ2n) is 4.26. The Bertz CT molecular complexity index is 614. The number of amides is 1. The second kappa shape index (κ2) is 6.98. The smallest absolute Gasteiger partial charge is 0.237 e. The van der Waals surface area contributed by atoms with E-state index in [4.69, 9.17) is 5.73 Å². The topological polar surface area (TPSA) is 72.2 Å². The van der Waals surface area contributed by atoms with Gasteiger partial charge in [0.05, 0.1) is 10.8 Å². The van der Waals surface area contributed by atoms with Crippen LogP contribution in [0.5, 0.6) is 0 Å². The molecule has 1 amide bonds. The number of nitrogens with two attached hydrogens (primary N) is 1. The van der Waals surface area contributed by atoms with Crippen molar-refractivity contribution < 1.29 is 9.00 Å². The first-order chi connectivity index (χ1) is 9.69. The highest BCUT2D eigenvalue weighted by atomic mass is 32.2. The molecule has 0 spiro atoms. The van der Waals surface area contributed by atoms with E-state index in [0.717, 1.165) is 5.56 Å². The number of carbonyl (C=O) groups excluding carboxylic acids is 1. The summed E-state index contributed by atoms with van der Waals surface area (Å²) in [6, 6.07) is 16.2. The lowest BCUT2D eigenvalue weighted by molar-refractivity contribution is -0.113. The van der Waals surface area contributed by atoms with E-state index < -0.39 is 10.8 Å². The summed E-state index contributed by atoms with van der Waals surface area (Å²) < 4.78 is 12.0. The van der Waals surface area contributed by atoms with Crippen LogP contribution in [0.1, 0.15) is 5.56 Å². The van der Waals surface area contributed by atoms with Gasteiger partial charge in [-0.1, -0.05) is 30.3 Å². The molecule has 0 aromatic heterocycles. The van der Waals surface area contributed by atoms with E-state index in [-0.39, 0.29) is 11.7 Å². The van der Waals surface area contributed by atoms with Crippen LogP contribution >= 0.6 is 0 Å². The highest BCUT2D eigenvalue weighted by Gasteiger charge is 2.10. The van der Waals surface area contributed by atoms with E-state index in [1.165, 1.54) is 0 Å². The lowest BCUT2D eigenvalue weighted by atomic mass is 10.2. The largest absolute Gasteiger partial charge is 0.326 e. The van der Waals surface area contributed by atoms with E-state index in [9.17, 15) is 9.00 Å². The Balaban J connectivity index is 1.97. The molecule has 1 unspecified atom stereocenters. The molecule has 0 radical (unpaired) electrons. The molecule has 2 rings (SSSR count). The van der Waals surface area contributed by atoms with E-state index in [0.29, 0.717) is 17.1 Å². The monoisotopic (exact) mass is 288 g/mol. The molecule has 2 aromatic carbocycles. The van der Waals surface area contributed by atoms with E-state index in [2.05, 4.69) is 5.32 Å². The van der Waals surface area contributed by atoms with Crippen molar-refractivity contribution in [3.63, 3.8) is 0 Å². The Morgan fingerprint density at radius 3 is 2.55 bits per heavy atom. The van der Waals surface area contributed by atoms with Crippen molar-refractivity contribution in [1.29, 1.82) is 0 Å². The van der Waals surface area contributed by atoms with Crippen LogP contribution in [0.25, 0.3) is 0 Å². The molecule has 3 N–H and O–H groups in total. The molecule has 0 heterocycles. The van der Waals surface area contributed by atoms with E-state index in [1.54, 1.807) is 30.3 Å². The Kier molecular flexibility index (Phi) is 5.03. The van der Waals surface area contributed by atoms with Crippen LogP contribution in [-0.2, 0) is 22.1 Å². The summed E-state index contributed by atoms with van der Waals surface area (Å²) in [5.41, 5.74) is 7.15. The molecule has 0 bridgehead atoms. The quantitative estimate of drug-likeness (QED) is 0.882. The van der Waals surface area contributed by atoms with Gasteiger partial charge in [0.15, 0.2) is 0 Å². The number of hydrogen-bond acceptors (Lipinski definition) is 3. The Morgan fingerprint density at radius 1 is 1.10 bits per heavy atom. The molecule has 0 aliphatic heterocycles. The number of carbonyl (C=O) groups is 1. The number of anilines is 1. The molecule has 2 aromatic rings. The molecule has 4 nitrogen and oxygen atoms in total. The highest BCUT2D eigenvalue weighted by molar-refractivity contribution is 7.85. The minimum atomic E-state index is -1.33. The zero-order valence-corrected chi connectivity index (χ0v) is 11.7. The van der Waals surface area contributed by atoms with Gasteiger partial charge in [0, 0.05) is 17.1 Å². The minimum Gasteiger partial charge on any atom is -0.326 e. The van der Waals surface area contributed by atoms with Gasteiger partial charge in [-0.15, -0.1) is 0 Å². The summed E-state index contributed by atoms with van der Waals surface area (Å²) in [5.74, 6) is -0.335. The van der Waals surface area contributed by atoms with Gasteiger partial charge in [-0.05, 0) is 29.8 Å².